The van der Waals surface area contributed by atoms with Gasteiger partial charge in [-0.2, -0.15) is 5.26 Å². The number of carbonyl (C=O) groups excluding carboxylic acids is 2. The Kier molecular flexibility index (Phi) is 6.66. The number of carbonyl (C=O) groups is 2. The van der Waals surface area contributed by atoms with Gasteiger partial charge in [-0.3, -0.25) is 4.79 Å². The van der Waals surface area contributed by atoms with Gasteiger partial charge in [-0.25, -0.2) is 4.79 Å². The number of esters is 2. The fourth-order valence-electron chi connectivity index (χ4n) is 2.26. The highest BCUT2D eigenvalue weighted by Crippen LogP contribution is 2.41. The Balaban J connectivity index is 2.43. The lowest BCUT2D eigenvalue weighted by Gasteiger charge is -2.23. The first-order valence-corrected chi connectivity index (χ1v) is 8.68. The van der Waals surface area contributed by atoms with Crippen molar-refractivity contribution < 1.29 is 19.1 Å². The number of benzene rings is 1. The lowest BCUT2D eigenvalue weighted by molar-refractivity contribution is -0.142. The number of rotatable bonds is 6. The van der Waals surface area contributed by atoms with E-state index < -0.39 is 5.97 Å². The summed E-state index contributed by atoms with van der Waals surface area (Å²) < 4.78 is 9.98. The summed E-state index contributed by atoms with van der Waals surface area (Å²) in [5, 5.41) is 11.6. The van der Waals surface area contributed by atoms with Crippen LogP contribution < -0.4 is 4.90 Å². The molecule has 1 heterocycles. The third kappa shape index (κ3) is 4.43. The van der Waals surface area contributed by atoms with Gasteiger partial charge in [0.15, 0.2) is 5.57 Å². The van der Waals surface area contributed by atoms with Crippen LogP contribution in [0.3, 0.4) is 0 Å². The summed E-state index contributed by atoms with van der Waals surface area (Å²) in [6.45, 7) is 3.89. The van der Waals surface area contributed by atoms with Crippen molar-refractivity contribution in [1.82, 2.24) is 0 Å². The van der Waals surface area contributed by atoms with E-state index in [1.54, 1.807) is 24.2 Å². The van der Waals surface area contributed by atoms with Crippen molar-refractivity contribution in [2.24, 2.45) is 0 Å². The summed E-state index contributed by atoms with van der Waals surface area (Å²) in [5.41, 5.74) is 1.29. The van der Waals surface area contributed by atoms with Crippen molar-refractivity contribution >= 4 is 29.4 Å². The summed E-state index contributed by atoms with van der Waals surface area (Å²) in [6.07, 6.45) is 0.0424. The normalized spacial score (nSPS) is 15.2. The quantitative estimate of drug-likeness (QED) is 0.438. The average molecular weight is 358 g/mol. The highest BCUT2D eigenvalue weighted by atomic mass is 32.2. The monoisotopic (exact) mass is 358 g/mol. The molecule has 0 saturated carbocycles. The Morgan fingerprint density at radius 2 is 1.84 bits per heavy atom. The van der Waals surface area contributed by atoms with Crippen LogP contribution in [0.4, 0.5) is 5.69 Å². The van der Waals surface area contributed by atoms with E-state index in [1.165, 1.54) is 11.8 Å². The first-order valence-electron chi connectivity index (χ1n) is 7.80. The topological polar surface area (TPSA) is 79.6 Å². The largest absolute Gasteiger partial charge is 0.466 e. The van der Waals surface area contributed by atoms with Gasteiger partial charge in [0, 0.05) is 11.4 Å². The number of hydrogen-bond acceptors (Lipinski definition) is 7. The van der Waals surface area contributed by atoms with E-state index in [-0.39, 0.29) is 24.6 Å². The standard InChI is InChI=1S/C18H18N2O4S/c1-3-23-16(21)10-14-12-25-17(15(11-19)18(22)24-4-2)20(14)13-8-6-5-7-9-13/h5-9,12H,3-4,10H2,1-2H3/b17-15-. The van der Waals surface area contributed by atoms with E-state index in [2.05, 4.69) is 0 Å². The molecule has 0 aliphatic carbocycles. The van der Waals surface area contributed by atoms with Crippen molar-refractivity contribution in [1.29, 1.82) is 5.26 Å². The molecule has 1 aliphatic rings. The van der Waals surface area contributed by atoms with Gasteiger partial charge in [0.2, 0.25) is 0 Å². The molecule has 1 aliphatic heterocycles. The van der Waals surface area contributed by atoms with Crippen LogP contribution in [0.15, 0.2) is 52.0 Å². The molecular formula is C18H18N2O4S. The smallest absolute Gasteiger partial charge is 0.351 e. The molecule has 0 unspecified atom stereocenters. The fraction of sp³-hybridized carbons (Fsp3) is 0.278. The third-order valence-corrected chi connectivity index (χ3v) is 4.25. The minimum atomic E-state index is -0.681. The van der Waals surface area contributed by atoms with Crippen molar-refractivity contribution in [3.05, 3.63) is 52.0 Å². The summed E-state index contributed by atoms with van der Waals surface area (Å²) >= 11 is 1.21. The Labute approximate surface area is 150 Å². The third-order valence-electron chi connectivity index (χ3n) is 3.25. The first kappa shape index (κ1) is 18.6. The molecule has 0 atom stereocenters. The molecule has 7 heteroatoms. The van der Waals surface area contributed by atoms with Crippen molar-refractivity contribution in [3.63, 3.8) is 0 Å². The second-order valence-electron chi connectivity index (χ2n) is 4.89. The minimum Gasteiger partial charge on any atom is -0.466 e. The van der Waals surface area contributed by atoms with Gasteiger partial charge < -0.3 is 14.4 Å². The highest BCUT2D eigenvalue weighted by Gasteiger charge is 2.30. The second kappa shape index (κ2) is 8.94. The number of para-hydroxylation sites is 1. The average Bonchev–Trinajstić information content (AvgIpc) is 3.00. The van der Waals surface area contributed by atoms with E-state index in [0.29, 0.717) is 17.3 Å². The molecule has 130 valence electrons. The maximum atomic E-state index is 12.1. The molecule has 0 N–H and O–H groups in total. The molecule has 0 fully saturated rings. The zero-order valence-corrected chi connectivity index (χ0v) is 14.8. The van der Waals surface area contributed by atoms with Crippen molar-refractivity contribution in [3.8, 4) is 6.07 Å². The van der Waals surface area contributed by atoms with Gasteiger partial charge in [-0.15, -0.1) is 0 Å². The number of thioether (sulfide) groups is 1. The maximum absolute atomic E-state index is 12.1. The zero-order valence-electron chi connectivity index (χ0n) is 14.0. The van der Waals surface area contributed by atoms with Gasteiger partial charge in [0.25, 0.3) is 0 Å². The number of hydrogen-bond donors (Lipinski definition) is 0. The van der Waals surface area contributed by atoms with Crippen LogP contribution in [0.1, 0.15) is 20.3 Å². The fourth-order valence-corrected chi connectivity index (χ4v) is 3.27. The Bertz CT molecular complexity index is 750. The summed E-state index contributed by atoms with van der Waals surface area (Å²) in [5.74, 6) is -1.05. The number of ether oxygens (including phenoxy) is 2. The van der Waals surface area contributed by atoms with E-state index in [1.807, 2.05) is 36.4 Å². The molecule has 1 aromatic carbocycles. The summed E-state index contributed by atoms with van der Waals surface area (Å²) in [4.78, 5) is 25.7. The predicted octanol–water partition coefficient (Wildman–Crippen LogP) is 3.33. The van der Waals surface area contributed by atoms with E-state index in [4.69, 9.17) is 9.47 Å². The van der Waals surface area contributed by atoms with Crippen molar-refractivity contribution in [2.45, 2.75) is 20.3 Å². The SMILES string of the molecule is CCOC(=O)CC1=CS/C(=C(/C#N)C(=O)OCC)N1c1ccccc1. The van der Waals surface area contributed by atoms with Crippen molar-refractivity contribution in [2.75, 3.05) is 18.1 Å². The molecule has 6 nitrogen and oxygen atoms in total. The molecule has 2 rings (SSSR count). The molecule has 0 amide bonds. The van der Waals surface area contributed by atoms with Gasteiger partial charge in [0.05, 0.1) is 19.6 Å². The van der Waals surface area contributed by atoms with E-state index >= 15 is 0 Å². The van der Waals surface area contributed by atoms with Crippen LogP contribution in [0.2, 0.25) is 0 Å². The van der Waals surface area contributed by atoms with Gasteiger partial charge in [0.1, 0.15) is 11.1 Å². The van der Waals surface area contributed by atoms with E-state index in [9.17, 15) is 14.9 Å². The van der Waals surface area contributed by atoms with Crippen LogP contribution in [-0.2, 0) is 19.1 Å². The molecule has 25 heavy (non-hydrogen) atoms. The Morgan fingerprint density at radius 3 is 2.44 bits per heavy atom. The van der Waals surface area contributed by atoms with Crippen LogP contribution in [-0.4, -0.2) is 25.2 Å². The predicted molar refractivity (Wildman–Crippen MR) is 95.1 cm³/mol. The van der Waals surface area contributed by atoms with Crippen LogP contribution in [0.25, 0.3) is 0 Å². The van der Waals surface area contributed by atoms with Gasteiger partial charge >= 0.3 is 11.9 Å². The summed E-state index contributed by atoms with van der Waals surface area (Å²) in [7, 11) is 0. The molecule has 0 radical (unpaired) electrons. The number of nitrogens with zero attached hydrogens (tertiary/aromatic N) is 2. The van der Waals surface area contributed by atoms with Gasteiger partial charge in [-0.1, -0.05) is 30.0 Å². The highest BCUT2D eigenvalue weighted by molar-refractivity contribution is 8.06. The maximum Gasteiger partial charge on any atom is 0.351 e. The molecule has 1 aromatic rings. The summed E-state index contributed by atoms with van der Waals surface area (Å²) in [6, 6.07) is 11.1. The molecule has 0 aromatic heterocycles. The van der Waals surface area contributed by atoms with E-state index in [0.717, 1.165) is 5.69 Å². The minimum absolute atomic E-state index is 0.0424. The zero-order chi connectivity index (χ0) is 18.2. The lowest BCUT2D eigenvalue weighted by atomic mass is 10.2. The van der Waals surface area contributed by atoms with Gasteiger partial charge in [-0.05, 0) is 31.4 Å². The first-order chi connectivity index (χ1) is 12.1. The Morgan fingerprint density at radius 1 is 1.16 bits per heavy atom. The second-order valence-corrected chi connectivity index (χ2v) is 5.75. The van der Waals surface area contributed by atoms with Crippen LogP contribution >= 0.6 is 11.8 Å². The lowest BCUT2D eigenvalue weighted by Crippen LogP contribution is -2.22. The molecule has 0 saturated heterocycles. The molecule has 0 spiro atoms. The van der Waals surface area contributed by atoms with Crippen LogP contribution in [0.5, 0.6) is 0 Å². The number of anilines is 1. The molecule has 0 bridgehead atoms. The number of nitriles is 1. The Hall–Kier alpha value is -2.72. The molecular weight excluding hydrogens is 340 g/mol. The van der Waals surface area contributed by atoms with Crippen LogP contribution in [0, 0.1) is 11.3 Å².